The number of nitrogens with zero attached hydrogens (tertiary/aromatic N) is 1. The Bertz CT molecular complexity index is 800. The first-order chi connectivity index (χ1) is 13.1. The molecular weight excluding hydrogens is 350 g/mol. The van der Waals surface area contributed by atoms with Crippen LogP contribution in [0, 0.1) is 0 Å². The molecule has 0 aliphatic carbocycles. The highest BCUT2D eigenvalue weighted by Gasteiger charge is 2.42. The van der Waals surface area contributed by atoms with Crippen molar-refractivity contribution < 1.29 is 28.9 Å². The lowest BCUT2D eigenvalue weighted by Gasteiger charge is -2.24. The Morgan fingerprint density at radius 3 is 2.37 bits per heavy atom. The van der Waals surface area contributed by atoms with E-state index in [1.54, 1.807) is 18.2 Å². The Balaban J connectivity index is 1.95. The van der Waals surface area contributed by atoms with Crippen LogP contribution in [0.3, 0.4) is 0 Å². The van der Waals surface area contributed by atoms with Crippen molar-refractivity contribution in [3.63, 3.8) is 0 Å². The molecule has 0 unspecified atom stereocenters. The number of imide groups is 1. The third-order valence-corrected chi connectivity index (χ3v) is 4.55. The lowest BCUT2D eigenvalue weighted by molar-refractivity contribution is -0.131. The van der Waals surface area contributed by atoms with Crippen molar-refractivity contribution in [3.8, 4) is 11.5 Å². The molecule has 0 aromatic heterocycles. The fourth-order valence-corrected chi connectivity index (χ4v) is 3.11. The van der Waals surface area contributed by atoms with Crippen molar-refractivity contribution in [2.24, 2.45) is 0 Å². The number of aliphatic hydroxyl groups is 1. The van der Waals surface area contributed by atoms with Crippen molar-refractivity contribution >= 4 is 12.0 Å². The molecular formula is C20H21NO6. The molecule has 1 aliphatic heterocycles. The topological polar surface area (TPSA) is 85.3 Å². The predicted octanol–water partition coefficient (Wildman–Crippen LogP) is 2.50. The number of rotatable bonds is 6. The van der Waals surface area contributed by atoms with Gasteiger partial charge in [-0.2, -0.15) is 0 Å². The zero-order valence-corrected chi connectivity index (χ0v) is 15.1. The van der Waals surface area contributed by atoms with Crippen LogP contribution in [0.5, 0.6) is 11.5 Å². The van der Waals surface area contributed by atoms with Gasteiger partial charge in [-0.3, -0.25) is 4.79 Å². The van der Waals surface area contributed by atoms with Crippen molar-refractivity contribution in [1.82, 2.24) is 4.90 Å². The molecule has 0 radical (unpaired) electrons. The van der Waals surface area contributed by atoms with Gasteiger partial charge in [0.25, 0.3) is 0 Å². The van der Waals surface area contributed by atoms with E-state index in [9.17, 15) is 14.7 Å². The second kappa shape index (κ2) is 8.09. The third-order valence-electron chi connectivity index (χ3n) is 4.55. The number of amides is 2. The summed E-state index contributed by atoms with van der Waals surface area (Å²) in [6.45, 7) is -0.394. The van der Waals surface area contributed by atoms with E-state index in [1.807, 2.05) is 30.3 Å². The molecule has 3 rings (SSSR count). The molecule has 0 spiro atoms. The van der Waals surface area contributed by atoms with E-state index in [0.29, 0.717) is 17.1 Å². The average Bonchev–Trinajstić information content (AvgIpc) is 3.10. The van der Waals surface area contributed by atoms with Gasteiger partial charge in [0.2, 0.25) is 5.91 Å². The van der Waals surface area contributed by atoms with Gasteiger partial charge in [0.15, 0.2) is 0 Å². The van der Waals surface area contributed by atoms with Gasteiger partial charge in [-0.15, -0.1) is 0 Å². The highest BCUT2D eigenvalue weighted by atomic mass is 16.6. The average molecular weight is 371 g/mol. The zero-order chi connectivity index (χ0) is 19.4. The number of ether oxygens (including phenoxy) is 3. The first-order valence-electron chi connectivity index (χ1n) is 8.47. The second-order valence-electron chi connectivity index (χ2n) is 6.09. The number of carbonyl (C=O) groups is 2. The molecule has 0 bridgehead atoms. The van der Waals surface area contributed by atoms with Gasteiger partial charge in [-0.1, -0.05) is 30.3 Å². The van der Waals surface area contributed by atoms with Crippen LogP contribution in [0.2, 0.25) is 0 Å². The summed E-state index contributed by atoms with van der Waals surface area (Å²) in [5.74, 6) is -0.520. The first-order valence-corrected chi connectivity index (χ1v) is 8.47. The largest absolute Gasteiger partial charge is 0.497 e. The summed E-state index contributed by atoms with van der Waals surface area (Å²) in [6, 6.07) is 13.6. The van der Waals surface area contributed by atoms with Crippen LogP contribution in [0.4, 0.5) is 4.79 Å². The van der Waals surface area contributed by atoms with Crippen molar-refractivity contribution in [1.29, 1.82) is 0 Å². The molecule has 7 heteroatoms. The van der Waals surface area contributed by atoms with Gasteiger partial charge in [0, 0.05) is 6.07 Å². The fraction of sp³-hybridized carbons (Fsp3) is 0.300. The summed E-state index contributed by atoms with van der Waals surface area (Å²) in [4.78, 5) is 26.5. The van der Waals surface area contributed by atoms with E-state index < -0.39 is 30.6 Å². The third kappa shape index (κ3) is 3.73. The fourth-order valence-electron chi connectivity index (χ4n) is 3.11. The molecule has 0 saturated carbocycles. The second-order valence-corrected chi connectivity index (χ2v) is 6.09. The van der Waals surface area contributed by atoms with Crippen LogP contribution in [-0.4, -0.2) is 49.4 Å². The predicted molar refractivity (Wildman–Crippen MR) is 96.7 cm³/mol. The molecule has 27 heavy (non-hydrogen) atoms. The van der Waals surface area contributed by atoms with Gasteiger partial charge in [0.1, 0.15) is 24.1 Å². The molecule has 1 heterocycles. The minimum absolute atomic E-state index is 0.0775. The summed E-state index contributed by atoms with van der Waals surface area (Å²) in [5.41, 5.74) is 1.28. The summed E-state index contributed by atoms with van der Waals surface area (Å²) in [5, 5.41) is 9.90. The number of methoxy groups -OCH3 is 2. The molecule has 7 nitrogen and oxygen atoms in total. The van der Waals surface area contributed by atoms with Gasteiger partial charge in [-0.05, 0) is 23.3 Å². The van der Waals surface area contributed by atoms with Gasteiger partial charge < -0.3 is 19.3 Å². The number of carbonyl (C=O) groups excluding carboxylic acids is 2. The van der Waals surface area contributed by atoms with Crippen molar-refractivity contribution in [2.45, 2.75) is 12.0 Å². The molecule has 2 aromatic carbocycles. The number of aliphatic hydroxyl groups excluding tert-OH is 1. The molecule has 2 amide bonds. The maximum absolute atomic E-state index is 13.2. The number of hydrogen-bond donors (Lipinski definition) is 1. The minimum Gasteiger partial charge on any atom is -0.497 e. The van der Waals surface area contributed by atoms with Crippen LogP contribution in [0.15, 0.2) is 48.5 Å². The van der Waals surface area contributed by atoms with Gasteiger partial charge in [0.05, 0.1) is 26.7 Å². The summed E-state index contributed by atoms with van der Waals surface area (Å²) in [6.07, 6.45) is -0.720. The minimum atomic E-state index is -0.953. The molecule has 1 aliphatic rings. The van der Waals surface area contributed by atoms with E-state index in [4.69, 9.17) is 14.2 Å². The molecule has 1 fully saturated rings. The van der Waals surface area contributed by atoms with E-state index in [-0.39, 0.29) is 6.61 Å². The first kappa shape index (κ1) is 18.7. The monoisotopic (exact) mass is 371 g/mol. The number of benzene rings is 2. The molecule has 1 saturated heterocycles. The van der Waals surface area contributed by atoms with Crippen LogP contribution < -0.4 is 9.47 Å². The SMILES string of the molecule is COc1cc(OC)cc([C@H](CO)C(=O)N2C(=O)OC[C@@H]2c2ccccc2)c1. The van der Waals surface area contributed by atoms with E-state index in [0.717, 1.165) is 10.5 Å². The van der Waals surface area contributed by atoms with E-state index in [1.165, 1.54) is 14.2 Å². The normalized spacial score (nSPS) is 17.4. The van der Waals surface area contributed by atoms with E-state index >= 15 is 0 Å². The molecule has 2 aromatic rings. The molecule has 142 valence electrons. The Hall–Kier alpha value is -3.06. The van der Waals surface area contributed by atoms with E-state index in [2.05, 4.69) is 0 Å². The van der Waals surface area contributed by atoms with Crippen LogP contribution in [0.1, 0.15) is 23.1 Å². The van der Waals surface area contributed by atoms with Crippen molar-refractivity contribution in [3.05, 3.63) is 59.7 Å². The maximum Gasteiger partial charge on any atom is 0.417 e. The zero-order valence-electron chi connectivity index (χ0n) is 15.1. The van der Waals surface area contributed by atoms with Crippen LogP contribution >= 0.6 is 0 Å². The van der Waals surface area contributed by atoms with Crippen molar-refractivity contribution in [2.75, 3.05) is 27.4 Å². The molecule has 1 N–H and O–H groups in total. The highest BCUT2D eigenvalue weighted by Crippen LogP contribution is 2.33. The Morgan fingerprint density at radius 1 is 1.19 bits per heavy atom. The standard InChI is InChI=1S/C20H21NO6/c1-25-15-8-14(9-16(10-15)26-2)17(11-22)19(23)21-18(12-27-20(21)24)13-6-4-3-5-7-13/h3-10,17-18,22H,11-12H2,1-2H3/t17-,18+/m0/s1. The summed E-state index contributed by atoms with van der Waals surface area (Å²) in [7, 11) is 3.00. The number of cyclic esters (lactones) is 1. The Labute approximate surface area is 157 Å². The maximum atomic E-state index is 13.2. The van der Waals surface area contributed by atoms with Gasteiger partial charge >= 0.3 is 6.09 Å². The van der Waals surface area contributed by atoms with Gasteiger partial charge in [-0.25, -0.2) is 9.69 Å². The lowest BCUT2D eigenvalue weighted by atomic mass is 9.96. The highest BCUT2D eigenvalue weighted by molar-refractivity contribution is 5.97. The van der Waals surface area contributed by atoms with Crippen LogP contribution in [0.25, 0.3) is 0 Å². The quantitative estimate of drug-likeness (QED) is 0.840. The lowest BCUT2D eigenvalue weighted by Crippen LogP contribution is -2.39. The van der Waals surface area contributed by atoms with Crippen LogP contribution in [-0.2, 0) is 9.53 Å². The number of hydrogen-bond acceptors (Lipinski definition) is 6. The Morgan fingerprint density at radius 2 is 1.81 bits per heavy atom. The Kier molecular flexibility index (Phi) is 5.61. The molecule has 2 atom stereocenters. The summed E-state index contributed by atoms with van der Waals surface area (Å²) >= 11 is 0. The smallest absolute Gasteiger partial charge is 0.417 e. The summed E-state index contributed by atoms with van der Waals surface area (Å²) < 4.78 is 15.6.